The molecule has 0 saturated carbocycles. The van der Waals surface area contributed by atoms with E-state index in [2.05, 4.69) is 23.8 Å². The quantitative estimate of drug-likeness (QED) is 0.831. The van der Waals surface area contributed by atoms with Crippen LogP contribution >= 0.6 is 0 Å². The zero-order valence-electron chi connectivity index (χ0n) is 9.27. The summed E-state index contributed by atoms with van der Waals surface area (Å²) in [7, 11) is 0. The van der Waals surface area contributed by atoms with Crippen LogP contribution in [0.25, 0.3) is 11.0 Å². The molecule has 16 heavy (non-hydrogen) atoms. The van der Waals surface area contributed by atoms with Gasteiger partial charge in [0.2, 0.25) is 0 Å². The van der Waals surface area contributed by atoms with Gasteiger partial charge in [-0.15, -0.1) is 0 Å². The lowest BCUT2D eigenvalue weighted by Gasteiger charge is -2.06. The van der Waals surface area contributed by atoms with Gasteiger partial charge in [0.1, 0.15) is 5.69 Å². The zero-order chi connectivity index (χ0) is 11.7. The third-order valence-electron chi connectivity index (χ3n) is 2.49. The summed E-state index contributed by atoms with van der Waals surface area (Å²) in [5, 5.41) is 0. The fourth-order valence-corrected chi connectivity index (χ4v) is 1.51. The summed E-state index contributed by atoms with van der Waals surface area (Å²) < 4.78 is 0. The van der Waals surface area contributed by atoms with Gasteiger partial charge < -0.3 is 5.73 Å². The summed E-state index contributed by atoms with van der Waals surface area (Å²) in [6, 6.07) is 5.87. The van der Waals surface area contributed by atoms with Gasteiger partial charge in [0.25, 0.3) is 5.91 Å². The van der Waals surface area contributed by atoms with Crippen molar-refractivity contribution in [2.45, 2.75) is 19.8 Å². The number of hydrogen-bond donors (Lipinski definition) is 1. The summed E-state index contributed by atoms with van der Waals surface area (Å²) in [6.07, 6.45) is 1.40. The third kappa shape index (κ3) is 1.86. The van der Waals surface area contributed by atoms with Crippen LogP contribution in [0.3, 0.4) is 0 Å². The Hall–Kier alpha value is -1.97. The SMILES string of the molecule is CC(C)c1ccc2ncc(C(N)=O)nc2c1. The molecule has 0 unspecified atom stereocenters. The normalized spacial score (nSPS) is 10.9. The van der Waals surface area contributed by atoms with E-state index in [1.165, 1.54) is 11.8 Å². The van der Waals surface area contributed by atoms with E-state index in [0.29, 0.717) is 11.4 Å². The van der Waals surface area contributed by atoms with Gasteiger partial charge in [-0.2, -0.15) is 0 Å². The van der Waals surface area contributed by atoms with Crippen molar-refractivity contribution in [2.75, 3.05) is 0 Å². The van der Waals surface area contributed by atoms with Gasteiger partial charge in [0, 0.05) is 0 Å². The summed E-state index contributed by atoms with van der Waals surface area (Å²) >= 11 is 0. The van der Waals surface area contributed by atoms with E-state index in [9.17, 15) is 4.79 Å². The van der Waals surface area contributed by atoms with Crippen LogP contribution in [-0.4, -0.2) is 15.9 Å². The second-order valence-corrected chi connectivity index (χ2v) is 4.02. The molecule has 2 rings (SSSR count). The fraction of sp³-hybridized carbons (Fsp3) is 0.250. The molecule has 82 valence electrons. The highest BCUT2D eigenvalue weighted by Crippen LogP contribution is 2.18. The van der Waals surface area contributed by atoms with Crippen LogP contribution in [-0.2, 0) is 0 Å². The van der Waals surface area contributed by atoms with Crippen LogP contribution in [0.5, 0.6) is 0 Å². The number of nitrogens with zero attached hydrogens (tertiary/aromatic N) is 2. The van der Waals surface area contributed by atoms with Crippen LogP contribution < -0.4 is 5.73 Å². The van der Waals surface area contributed by atoms with Gasteiger partial charge in [-0.1, -0.05) is 19.9 Å². The number of carbonyl (C=O) groups excluding carboxylic acids is 1. The Labute approximate surface area is 93.5 Å². The number of carbonyl (C=O) groups is 1. The average molecular weight is 215 g/mol. The van der Waals surface area contributed by atoms with Crippen LogP contribution in [0.1, 0.15) is 35.8 Å². The molecule has 0 aliphatic carbocycles. The Morgan fingerprint density at radius 1 is 1.31 bits per heavy atom. The van der Waals surface area contributed by atoms with E-state index in [4.69, 9.17) is 5.73 Å². The molecule has 1 aromatic heterocycles. The molecule has 0 fully saturated rings. The number of primary amides is 1. The Morgan fingerprint density at radius 3 is 2.69 bits per heavy atom. The van der Waals surface area contributed by atoms with Crippen molar-refractivity contribution >= 4 is 16.9 Å². The van der Waals surface area contributed by atoms with E-state index < -0.39 is 5.91 Å². The summed E-state index contributed by atoms with van der Waals surface area (Å²) in [5.41, 5.74) is 8.02. The molecule has 2 N–H and O–H groups in total. The number of hydrogen-bond acceptors (Lipinski definition) is 3. The van der Waals surface area contributed by atoms with E-state index in [-0.39, 0.29) is 5.69 Å². The number of fused-ring (bicyclic) bond motifs is 1. The molecule has 0 atom stereocenters. The fourth-order valence-electron chi connectivity index (χ4n) is 1.51. The predicted molar refractivity (Wildman–Crippen MR) is 62.1 cm³/mol. The second kappa shape index (κ2) is 3.89. The number of nitrogens with two attached hydrogens (primary N) is 1. The summed E-state index contributed by atoms with van der Waals surface area (Å²) in [5.74, 6) is -0.132. The van der Waals surface area contributed by atoms with Crippen LogP contribution in [0.2, 0.25) is 0 Å². The first-order chi connectivity index (χ1) is 7.58. The standard InChI is InChI=1S/C12H13N3O/c1-7(2)8-3-4-9-10(5-8)15-11(6-14-9)12(13)16/h3-7H,1-2H3,(H2,13,16). The van der Waals surface area contributed by atoms with E-state index >= 15 is 0 Å². The maximum Gasteiger partial charge on any atom is 0.268 e. The topological polar surface area (TPSA) is 68.9 Å². The lowest BCUT2D eigenvalue weighted by Crippen LogP contribution is -2.13. The Morgan fingerprint density at radius 2 is 2.06 bits per heavy atom. The summed E-state index contributed by atoms with van der Waals surface area (Å²) in [4.78, 5) is 19.3. The predicted octanol–water partition coefficient (Wildman–Crippen LogP) is 1.85. The molecule has 0 radical (unpaired) electrons. The Balaban J connectivity index is 2.61. The Kier molecular flexibility index (Phi) is 2.56. The van der Waals surface area contributed by atoms with Crippen molar-refractivity contribution in [3.05, 3.63) is 35.7 Å². The van der Waals surface area contributed by atoms with Gasteiger partial charge in [-0.3, -0.25) is 9.78 Å². The third-order valence-corrected chi connectivity index (χ3v) is 2.49. The van der Waals surface area contributed by atoms with Crippen molar-refractivity contribution in [1.82, 2.24) is 9.97 Å². The van der Waals surface area contributed by atoms with Crippen molar-refractivity contribution < 1.29 is 4.79 Å². The van der Waals surface area contributed by atoms with Crippen LogP contribution in [0.4, 0.5) is 0 Å². The molecule has 1 amide bonds. The minimum absolute atomic E-state index is 0.202. The minimum atomic E-state index is -0.552. The van der Waals surface area contributed by atoms with Crippen molar-refractivity contribution in [3.63, 3.8) is 0 Å². The lowest BCUT2D eigenvalue weighted by atomic mass is 10.0. The number of amides is 1. The van der Waals surface area contributed by atoms with Crippen LogP contribution in [0.15, 0.2) is 24.4 Å². The van der Waals surface area contributed by atoms with Crippen molar-refractivity contribution in [2.24, 2.45) is 5.73 Å². The van der Waals surface area contributed by atoms with Gasteiger partial charge in [0.15, 0.2) is 0 Å². The number of benzene rings is 1. The molecule has 0 saturated heterocycles. The first kappa shape index (κ1) is 10.5. The van der Waals surface area contributed by atoms with E-state index in [1.54, 1.807) is 0 Å². The molecule has 0 spiro atoms. The van der Waals surface area contributed by atoms with Crippen LogP contribution in [0, 0.1) is 0 Å². The van der Waals surface area contributed by atoms with Gasteiger partial charge >= 0.3 is 0 Å². The maximum absolute atomic E-state index is 11.0. The van der Waals surface area contributed by atoms with E-state index in [1.807, 2.05) is 18.2 Å². The molecule has 1 aromatic carbocycles. The maximum atomic E-state index is 11.0. The molecule has 4 nitrogen and oxygen atoms in total. The van der Waals surface area contributed by atoms with Gasteiger partial charge in [0.05, 0.1) is 17.2 Å². The highest BCUT2D eigenvalue weighted by Gasteiger charge is 2.06. The van der Waals surface area contributed by atoms with Crippen molar-refractivity contribution in [1.29, 1.82) is 0 Å². The lowest BCUT2D eigenvalue weighted by molar-refractivity contribution is 0.0995. The molecule has 1 heterocycles. The average Bonchev–Trinajstić information content (AvgIpc) is 2.27. The first-order valence-corrected chi connectivity index (χ1v) is 5.14. The molecule has 0 bridgehead atoms. The summed E-state index contributed by atoms with van der Waals surface area (Å²) in [6.45, 7) is 4.21. The minimum Gasteiger partial charge on any atom is -0.364 e. The molecule has 0 aliphatic rings. The zero-order valence-corrected chi connectivity index (χ0v) is 9.27. The highest BCUT2D eigenvalue weighted by atomic mass is 16.1. The van der Waals surface area contributed by atoms with Gasteiger partial charge in [-0.05, 0) is 23.6 Å². The molecule has 2 aromatic rings. The van der Waals surface area contributed by atoms with Crippen molar-refractivity contribution in [3.8, 4) is 0 Å². The largest absolute Gasteiger partial charge is 0.364 e. The number of rotatable bonds is 2. The highest BCUT2D eigenvalue weighted by molar-refractivity contribution is 5.92. The van der Waals surface area contributed by atoms with Gasteiger partial charge in [-0.25, -0.2) is 4.98 Å². The smallest absolute Gasteiger partial charge is 0.268 e. The number of aromatic nitrogens is 2. The first-order valence-electron chi connectivity index (χ1n) is 5.14. The molecular weight excluding hydrogens is 202 g/mol. The molecule has 0 aliphatic heterocycles. The monoisotopic (exact) mass is 215 g/mol. The van der Waals surface area contributed by atoms with E-state index in [0.717, 1.165) is 5.52 Å². The second-order valence-electron chi connectivity index (χ2n) is 4.02. The molecule has 4 heteroatoms. The Bertz CT molecular complexity index is 549. The molecular formula is C12H13N3O.